The van der Waals surface area contributed by atoms with Gasteiger partial charge in [-0.2, -0.15) is 0 Å². The lowest BCUT2D eigenvalue weighted by molar-refractivity contribution is -0.149. The lowest BCUT2D eigenvalue weighted by Crippen LogP contribution is -2.35. The first kappa shape index (κ1) is 17.0. The van der Waals surface area contributed by atoms with Crippen LogP contribution >= 0.6 is 0 Å². The van der Waals surface area contributed by atoms with Crippen molar-refractivity contribution < 1.29 is 14.6 Å². The van der Waals surface area contributed by atoms with Crippen LogP contribution in [0.3, 0.4) is 0 Å². The van der Waals surface area contributed by atoms with Crippen LogP contribution in [0.4, 0.5) is 0 Å². The third-order valence-electron chi connectivity index (χ3n) is 5.85. The highest BCUT2D eigenvalue weighted by Crippen LogP contribution is 2.49. The Balaban J connectivity index is 1.34. The standard InChI is InChI=1S/C21H24N2O3/c24-20(25)21-9-1-2-18(21)13-23(15-21)12-16-3-5-19(6-4-16)26-14-17-7-10-22-11-8-17/h3-8,10-11,18H,1-2,9,12-15H2,(H,24,25)/t18-,21+/m0/s1. The molecule has 2 aliphatic rings. The van der Waals surface area contributed by atoms with Crippen molar-refractivity contribution in [3.63, 3.8) is 0 Å². The molecule has 26 heavy (non-hydrogen) atoms. The summed E-state index contributed by atoms with van der Waals surface area (Å²) in [6.07, 6.45) is 6.44. The van der Waals surface area contributed by atoms with Gasteiger partial charge in [-0.25, -0.2) is 0 Å². The summed E-state index contributed by atoms with van der Waals surface area (Å²) >= 11 is 0. The van der Waals surface area contributed by atoms with Gasteiger partial charge in [-0.05, 0) is 54.2 Å². The van der Waals surface area contributed by atoms with Gasteiger partial charge in [0, 0.05) is 32.0 Å². The van der Waals surface area contributed by atoms with E-state index < -0.39 is 11.4 Å². The van der Waals surface area contributed by atoms with E-state index in [2.05, 4.69) is 22.0 Å². The van der Waals surface area contributed by atoms with Crippen molar-refractivity contribution in [1.82, 2.24) is 9.88 Å². The second-order valence-corrected chi connectivity index (χ2v) is 7.51. The topological polar surface area (TPSA) is 62.7 Å². The molecule has 1 N–H and O–H groups in total. The fourth-order valence-corrected chi connectivity index (χ4v) is 4.46. The highest BCUT2D eigenvalue weighted by molar-refractivity contribution is 5.76. The van der Waals surface area contributed by atoms with Crippen molar-refractivity contribution in [2.24, 2.45) is 11.3 Å². The number of ether oxygens (including phenoxy) is 1. The summed E-state index contributed by atoms with van der Waals surface area (Å²) < 4.78 is 5.81. The number of aliphatic carboxylic acids is 1. The Morgan fingerprint density at radius 2 is 1.96 bits per heavy atom. The van der Waals surface area contributed by atoms with E-state index in [1.807, 2.05) is 24.3 Å². The Kier molecular flexibility index (Phi) is 4.64. The van der Waals surface area contributed by atoms with Crippen LogP contribution < -0.4 is 4.74 Å². The smallest absolute Gasteiger partial charge is 0.311 e. The Bertz CT molecular complexity index is 763. The molecule has 2 fully saturated rings. The zero-order valence-corrected chi connectivity index (χ0v) is 14.8. The number of carboxylic acids is 1. The Morgan fingerprint density at radius 3 is 2.65 bits per heavy atom. The molecule has 2 aromatic rings. The van der Waals surface area contributed by atoms with Gasteiger partial charge in [0.1, 0.15) is 12.4 Å². The molecule has 5 nitrogen and oxygen atoms in total. The van der Waals surface area contributed by atoms with Gasteiger partial charge in [-0.3, -0.25) is 14.7 Å². The molecule has 2 atom stereocenters. The summed E-state index contributed by atoms with van der Waals surface area (Å²) in [6.45, 7) is 2.90. The van der Waals surface area contributed by atoms with Gasteiger partial charge in [0.2, 0.25) is 0 Å². The highest BCUT2D eigenvalue weighted by Gasteiger charge is 2.54. The summed E-state index contributed by atoms with van der Waals surface area (Å²) in [6, 6.07) is 12.0. The van der Waals surface area contributed by atoms with Gasteiger partial charge in [-0.15, -0.1) is 0 Å². The molecule has 4 rings (SSSR count). The average molecular weight is 352 g/mol. The SMILES string of the molecule is O=C(O)[C@@]12CCC[C@H]1CN(Cc1ccc(OCc3ccncc3)cc1)C2. The lowest BCUT2D eigenvalue weighted by Gasteiger charge is -2.23. The Labute approximate surface area is 153 Å². The summed E-state index contributed by atoms with van der Waals surface area (Å²) in [4.78, 5) is 18.1. The molecule has 1 aromatic heterocycles. The number of carbonyl (C=O) groups is 1. The van der Waals surface area contributed by atoms with Crippen molar-refractivity contribution in [1.29, 1.82) is 0 Å². The first-order valence-corrected chi connectivity index (χ1v) is 9.22. The van der Waals surface area contributed by atoms with Crippen LogP contribution in [0.15, 0.2) is 48.8 Å². The molecule has 0 radical (unpaired) electrons. The van der Waals surface area contributed by atoms with Crippen LogP contribution in [0.25, 0.3) is 0 Å². The van der Waals surface area contributed by atoms with Gasteiger partial charge in [-0.1, -0.05) is 18.6 Å². The second kappa shape index (κ2) is 7.08. The molecule has 0 unspecified atom stereocenters. The molecule has 1 saturated carbocycles. The van der Waals surface area contributed by atoms with Gasteiger partial charge >= 0.3 is 5.97 Å². The molecule has 1 aromatic carbocycles. The molecular formula is C21H24N2O3. The summed E-state index contributed by atoms with van der Waals surface area (Å²) in [5.41, 5.74) is 1.78. The molecule has 136 valence electrons. The monoisotopic (exact) mass is 352 g/mol. The molecular weight excluding hydrogens is 328 g/mol. The third-order valence-corrected chi connectivity index (χ3v) is 5.85. The molecule has 5 heteroatoms. The van der Waals surface area contributed by atoms with E-state index in [0.29, 0.717) is 19.1 Å². The maximum absolute atomic E-state index is 11.8. The van der Waals surface area contributed by atoms with Gasteiger partial charge < -0.3 is 9.84 Å². The van der Waals surface area contributed by atoms with E-state index >= 15 is 0 Å². The van der Waals surface area contributed by atoms with Crippen molar-refractivity contribution >= 4 is 5.97 Å². The van der Waals surface area contributed by atoms with Crippen molar-refractivity contribution in [2.45, 2.75) is 32.4 Å². The van der Waals surface area contributed by atoms with Gasteiger partial charge in [0.25, 0.3) is 0 Å². The predicted molar refractivity (Wildman–Crippen MR) is 97.7 cm³/mol. The normalized spacial score (nSPS) is 25.2. The van der Waals surface area contributed by atoms with E-state index in [9.17, 15) is 9.90 Å². The number of benzene rings is 1. The van der Waals surface area contributed by atoms with Crippen LogP contribution in [0.2, 0.25) is 0 Å². The average Bonchev–Trinajstić information content (AvgIpc) is 3.20. The summed E-state index contributed by atoms with van der Waals surface area (Å²) in [5.74, 6) is 0.538. The van der Waals surface area contributed by atoms with Crippen LogP contribution in [-0.4, -0.2) is 34.0 Å². The number of aromatic nitrogens is 1. The first-order valence-electron chi connectivity index (χ1n) is 9.22. The van der Waals surface area contributed by atoms with Crippen LogP contribution in [0.1, 0.15) is 30.4 Å². The zero-order chi connectivity index (χ0) is 18.0. The fraction of sp³-hybridized carbons (Fsp3) is 0.429. The number of likely N-dealkylation sites (tertiary alicyclic amines) is 1. The van der Waals surface area contributed by atoms with E-state index in [1.54, 1.807) is 12.4 Å². The number of pyridine rings is 1. The number of hydrogen-bond donors (Lipinski definition) is 1. The lowest BCUT2D eigenvalue weighted by atomic mass is 9.81. The number of rotatable bonds is 6. The van der Waals surface area contributed by atoms with E-state index in [-0.39, 0.29) is 0 Å². The zero-order valence-electron chi connectivity index (χ0n) is 14.8. The van der Waals surface area contributed by atoms with Crippen molar-refractivity contribution in [2.75, 3.05) is 13.1 Å². The molecule has 2 heterocycles. The van der Waals surface area contributed by atoms with Crippen molar-refractivity contribution in [3.05, 3.63) is 59.9 Å². The number of fused-ring (bicyclic) bond motifs is 1. The number of hydrogen-bond acceptors (Lipinski definition) is 4. The largest absolute Gasteiger partial charge is 0.489 e. The Hall–Kier alpha value is -2.40. The highest BCUT2D eigenvalue weighted by atomic mass is 16.5. The van der Waals surface area contributed by atoms with Gasteiger partial charge in [0.15, 0.2) is 0 Å². The number of nitrogens with zero attached hydrogens (tertiary/aromatic N) is 2. The number of carboxylic acid groups (broad SMARTS) is 1. The summed E-state index contributed by atoms with van der Waals surface area (Å²) in [5, 5.41) is 9.70. The molecule has 0 amide bonds. The quantitative estimate of drug-likeness (QED) is 0.864. The third kappa shape index (κ3) is 3.31. The van der Waals surface area contributed by atoms with Crippen LogP contribution in [0, 0.1) is 11.3 Å². The second-order valence-electron chi connectivity index (χ2n) is 7.51. The van der Waals surface area contributed by atoms with E-state index in [4.69, 9.17) is 4.74 Å². The minimum Gasteiger partial charge on any atom is -0.489 e. The summed E-state index contributed by atoms with van der Waals surface area (Å²) in [7, 11) is 0. The maximum Gasteiger partial charge on any atom is 0.311 e. The molecule has 1 aliphatic carbocycles. The van der Waals surface area contributed by atoms with Crippen LogP contribution in [0.5, 0.6) is 5.75 Å². The first-order chi connectivity index (χ1) is 12.7. The Morgan fingerprint density at radius 1 is 1.19 bits per heavy atom. The van der Waals surface area contributed by atoms with E-state index in [0.717, 1.165) is 43.7 Å². The maximum atomic E-state index is 11.8. The van der Waals surface area contributed by atoms with Gasteiger partial charge in [0.05, 0.1) is 5.41 Å². The fourth-order valence-electron chi connectivity index (χ4n) is 4.46. The minimum atomic E-state index is -0.609. The molecule has 0 bridgehead atoms. The molecule has 1 aliphatic heterocycles. The van der Waals surface area contributed by atoms with E-state index in [1.165, 1.54) is 5.56 Å². The molecule has 1 saturated heterocycles. The minimum absolute atomic E-state index is 0.308. The molecule has 0 spiro atoms. The van der Waals surface area contributed by atoms with Crippen molar-refractivity contribution in [3.8, 4) is 5.75 Å². The van der Waals surface area contributed by atoms with Crippen LogP contribution in [-0.2, 0) is 17.9 Å². The predicted octanol–water partition coefficient (Wildman–Crippen LogP) is 3.35.